The fourth-order valence-corrected chi connectivity index (χ4v) is 2.46. The van der Waals surface area contributed by atoms with Crippen molar-refractivity contribution in [3.05, 3.63) is 46.4 Å². The molecule has 0 fully saturated rings. The summed E-state index contributed by atoms with van der Waals surface area (Å²) in [5.41, 5.74) is 3.93. The number of amides is 1. The van der Waals surface area contributed by atoms with Crippen molar-refractivity contribution in [3.8, 4) is 5.75 Å². The van der Waals surface area contributed by atoms with E-state index in [4.69, 9.17) is 4.74 Å². The van der Waals surface area contributed by atoms with E-state index < -0.39 is 0 Å². The van der Waals surface area contributed by atoms with Gasteiger partial charge < -0.3 is 10.1 Å². The number of hydrogen-bond donors (Lipinski definition) is 1. The Labute approximate surface area is 122 Å². The Morgan fingerprint density at radius 1 is 1.40 bits per heavy atom. The van der Waals surface area contributed by atoms with Crippen LogP contribution < -0.4 is 10.1 Å². The Hall–Kier alpha value is -1.88. The molecule has 4 nitrogen and oxygen atoms in total. The standard InChI is InChI=1S/C15H18N2O2S/c1-19-14-4-2-3-12(9-14)7-8-16-15(18)6-5-13-10-20-11-17-13/h2-4,9-11H,5-8H2,1H3,(H,16,18). The average Bonchev–Trinajstić information content (AvgIpc) is 2.99. The van der Waals surface area contributed by atoms with Crippen LogP contribution in [0.2, 0.25) is 0 Å². The van der Waals surface area contributed by atoms with Gasteiger partial charge in [0.2, 0.25) is 5.91 Å². The first-order chi connectivity index (χ1) is 9.78. The van der Waals surface area contributed by atoms with E-state index in [1.807, 2.05) is 29.6 Å². The summed E-state index contributed by atoms with van der Waals surface area (Å²) in [4.78, 5) is 15.9. The van der Waals surface area contributed by atoms with Gasteiger partial charge in [0.15, 0.2) is 0 Å². The summed E-state index contributed by atoms with van der Waals surface area (Å²) in [5, 5.41) is 4.90. The van der Waals surface area contributed by atoms with Crippen LogP contribution in [-0.4, -0.2) is 24.5 Å². The fourth-order valence-electron chi connectivity index (χ4n) is 1.87. The normalized spacial score (nSPS) is 10.2. The second-order valence-corrected chi connectivity index (χ2v) is 5.15. The van der Waals surface area contributed by atoms with Crippen molar-refractivity contribution in [2.24, 2.45) is 0 Å². The summed E-state index contributed by atoms with van der Waals surface area (Å²) >= 11 is 1.56. The van der Waals surface area contributed by atoms with E-state index in [0.29, 0.717) is 19.4 Å². The molecule has 106 valence electrons. The molecule has 1 N–H and O–H groups in total. The lowest BCUT2D eigenvalue weighted by Crippen LogP contribution is -2.25. The third-order valence-electron chi connectivity index (χ3n) is 2.96. The van der Waals surface area contributed by atoms with Crippen LogP contribution in [0.15, 0.2) is 35.2 Å². The number of benzene rings is 1. The highest BCUT2D eigenvalue weighted by molar-refractivity contribution is 7.07. The molecule has 0 radical (unpaired) electrons. The van der Waals surface area contributed by atoms with E-state index in [1.165, 1.54) is 0 Å². The molecule has 0 unspecified atom stereocenters. The Morgan fingerprint density at radius 3 is 3.05 bits per heavy atom. The minimum absolute atomic E-state index is 0.0703. The number of nitrogens with one attached hydrogen (secondary N) is 1. The van der Waals surface area contributed by atoms with Crippen molar-refractivity contribution in [2.45, 2.75) is 19.3 Å². The summed E-state index contributed by atoms with van der Waals surface area (Å²) in [5.74, 6) is 0.915. The second-order valence-electron chi connectivity index (χ2n) is 4.43. The number of ether oxygens (including phenoxy) is 1. The minimum Gasteiger partial charge on any atom is -0.497 e. The quantitative estimate of drug-likeness (QED) is 0.852. The summed E-state index contributed by atoms with van der Waals surface area (Å²) in [6, 6.07) is 7.89. The molecule has 0 saturated carbocycles. The smallest absolute Gasteiger partial charge is 0.220 e. The molecule has 1 amide bonds. The Bertz CT molecular complexity index is 541. The molecule has 0 atom stereocenters. The third kappa shape index (κ3) is 4.66. The van der Waals surface area contributed by atoms with Crippen molar-refractivity contribution in [2.75, 3.05) is 13.7 Å². The van der Waals surface area contributed by atoms with Crippen LogP contribution in [0.4, 0.5) is 0 Å². The Kier molecular flexibility index (Phi) is 5.55. The maximum absolute atomic E-state index is 11.7. The number of nitrogens with zero attached hydrogens (tertiary/aromatic N) is 1. The monoisotopic (exact) mass is 290 g/mol. The number of aryl methyl sites for hydroxylation is 1. The minimum atomic E-state index is 0.0703. The van der Waals surface area contributed by atoms with Crippen LogP contribution in [0.5, 0.6) is 5.75 Å². The van der Waals surface area contributed by atoms with E-state index >= 15 is 0 Å². The SMILES string of the molecule is COc1cccc(CCNC(=O)CCc2cscn2)c1. The number of hydrogen-bond acceptors (Lipinski definition) is 4. The Morgan fingerprint density at radius 2 is 2.30 bits per heavy atom. The summed E-state index contributed by atoms with van der Waals surface area (Å²) in [7, 11) is 1.65. The fraction of sp³-hybridized carbons (Fsp3) is 0.333. The molecule has 0 saturated heterocycles. The molecule has 5 heteroatoms. The molecule has 2 aromatic rings. The number of carbonyl (C=O) groups is 1. The van der Waals surface area contributed by atoms with Crippen LogP contribution in [0.25, 0.3) is 0 Å². The topological polar surface area (TPSA) is 51.2 Å². The highest BCUT2D eigenvalue weighted by atomic mass is 32.1. The number of carbonyl (C=O) groups excluding carboxylic acids is 1. The molecular weight excluding hydrogens is 272 g/mol. The highest BCUT2D eigenvalue weighted by Crippen LogP contribution is 2.12. The molecule has 1 heterocycles. The van der Waals surface area contributed by atoms with Gasteiger partial charge in [0.1, 0.15) is 5.75 Å². The van der Waals surface area contributed by atoms with E-state index in [9.17, 15) is 4.79 Å². The van der Waals surface area contributed by atoms with E-state index in [0.717, 1.165) is 23.4 Å². The molecule has 0 aliphatic carbocycles. The zero-order valence-corrected chi connectivity index (χ0v) is 12.3. The van der Waals surface area contributed by atoms with E-state index in [2.05, 4.69) is 10.3 Å². The van der Waals surface area contributed by atoms with Crippen LogP contribution in [0.1, 0.15) is 17.7 Å². The summed E-state index contributed by atoms with van der Waals surface area (Å²) in [6.45, 7) is 0.642. The van der Waals surface area contributed by atoms with E-state index in [-0.39, 0.29) is 5.91 Å². The van der Waals surface area contributed by atoms with Gasteiger partial charge in [-0.25, -0.2) is 4.98 Å². The van der Waals surface area contributed by atoms with Crippen molar-refractivity contribution >= 4 is 17.2 Å². The first-order valence-electron chi connectivity index (χ1n) is 6.54. The molecule has 0 aliphatic rings. The first kappa shape index (κ1) is 14.5. The zero-order valence-electron chi connectivity index (χ0n) is 11.5. The predicted molar refractivity (Wildman–Crippen MR) is 80.1 cm³/mol. The summed E-state index contributed by atoms with van der Waals surface area (Å²) in [6.07, 6.45) is 2.00. The van der Waals surface area contributed by atoms with Gasteiger partial charge in [0, 0.05) is 18.3 Å². The van der Waals surface area contributed by atoms with Gasteiger partial charge in [-0.3, -0.25) is 4.79 Å². The van der Waals surface area contributed by atoms with Crippen molar-refractivity contribution in [1.82, 2.24) is 10.3 Å². The number of thiazole rings is 1. The lowest BCUT2D eigenvalue weighted by Gasteiger charge is -2.06. The summed E-state index contributed by atoms with van der Waals surface area (Å²) < 4.78 is 5.17. The first-order valence-corrected chi connectivity index (χ1v) is 7.49. The van der Waals surface area contributed by atoms with E-state index in [1.54, 1.807) is 24.0 Å². The van der Waals surface area contributed by atoms with Gasteiger partial charge in [-0.2, -0.15) is 0 Å². The van der Waals surface area contributed by atoms with Gasteiger partial charge in [0.05, 0.1) is 18.3 Å². The van der Waals surface area contributed by atoms with Crippen LogP contribution in [0.3, 0.4) is 0 Å². The van der Waals surface area contributed by atoms with Gasteiger partial charge in [-0.1, -0.05) is 12.1 Å². The number of methoxy groups -OCH3 is 1. The Balaban J connectivity index is 1.68. The van der Waals surface area contributed by atoms with Gasteiger partial charge in [-0.15, -0.1) is 11.3 Å². The number of rotatable bonds is 7. The second kappa shape index (κ2) is 7.65. The third-order valence-corrected chi connectivity index (χ3v) is 3.60. The van der Waals surface area contributed by atoms with Crippen LogP contribution in [-0.2, 0) is 17.6 Å². The van der Waals surface area contributed by atoms with Crippen molar-refractivity contribution in [1.29, 1.82) is 0 Å². The molecule has 0 spiro atoms. The van der Waals surface area contributed by atoms with Crippen molar-refractivity contribution in [3.63, 3.8) is 0 Å². The number of aromatic nitrogens is 1. The van der Waals surface area contributed by atoms with Crippen molar-refractivity contribution < 1.29 is 9.53 Å². The molecule has 20 heavy (non-hydrogen) atoms. The largest absolute Gasteiger partial charge is 0.497 e. The maximum atomic E-state index is 11.7. The van der Waals surface area contributed by atoms with Gasteiger partial charge in [0.25, 0.3) is 0 Å². The van der Waals surface area contributed by atoms with Crippen LogP contribution in [0, 0.1) is 0 Å². The zero-order chi connectivity index (χ0) is 14.2. The molecular formula is C15H18N2O2S. The maximum Gasteiger partial charge on any atom is 0.220 e. The van der Waals surface area contributed by atoms with Gasteiger partial charge >= 0.3 is 0 Å². The lowest BCUT2D eigenvalue weighted by molar-refractivity contribution is -0.121. The lowest BCUT2D eigenvalue weighted by atomic mass is 10.1. The molecule has 0 bridgehead atoms. The molecule has 1 aromatic carbocycles. The molecule has 1 aromatic heterocycles. The highest BCUT2D eigenvalue weighted by Gasteiger charge is 2.03. The molecule has 0 aliphatic heterocycles. The average molecular weight is 290 g/mol. The van der Waals surface area contributed by atoms with Crippen LogP contribution >= 0.6 is 11.3 Å². The predicted octanol–water partition coefficient (Wildman–Crippen LogP) is 2.44. The molecule has 2 rings (SSSR count). The van der Waals surface area contributed by atoms with Gasteiger partial charge in [-0.05, 0) is 30.5 Å².